The smallest absolute Gasteiger partial charge is 0.182 e. The van der Waals surface area contributed by atoms with E-state index in [-0.39, 0.29) is 28.1 Å². The maximum absolute atomic E-state index is 11.8. The number of thiocarbonyl (C=S) groups is 1. The van der Waals surface area contributed by atoms with Gasteiger partial charge >= 0.3 is 0 Å². The largest absolute Gasteiger partial charge is 0.872 e. The Morgan fingerprint density at radius 2 is 1.82 bits per heavy atom. The highest BCUT2D eigenvalue weighted by molar-refractivity contribution is 7.78. The second-order valence-corrected chi connectivity index (χ2v) is 6.20. The molecule has 0 radical (unpaired) electrons. The molecule has 2 aliphatic rings. The standard InChI is InChI=1S/C21H11NO5S/c23-12-2-5-15-18(8-12)27-19-9-13(24)3-6-16(19)20(15)14-4-1-11(22-10-28)7-17(14)21(25)26/h1-9,23H,(H,25,26)/p-2. The molecule has 6 nitrogen and oxygen atoms in total. The van der Waals surface area contributed by atoms with Crippen LogP contribution in [0, 0.1) is 0 Å². The molecule has 4 rings (SSSR count). The van der Waals surface area contributed by atoms with E-state index in [2.05, 4.69) is 22.4 Å². The maximum atomic E-state index is 11.8. The number of nitrogens with zero attached hydrogens (tertiary/aromatic N) is 1. The second-order valence-electron chi connectivity index (χ2n) is 6.01. The van der Waals surface area contributed by atoms with E-state index in [9.17, 15) is 19.8 Å². The molecule has 0 atom stereocenters. The normalized spacial score (nSPS) is 10.7. The molecule has 0 saturated carbocycles. The summed E-state index contributed by atoms with van der Waals surface area (Å²) in [6.07, 6.45) is 0. The third-order valence-electron chi connectivity index (χ3n) is 4.33. The first-order valence-corrected chi connectivity index (χ1v) is 8.50. The molecule has 1 aliphatic heterocycles. The van der Waals surface area contributed by atoms with Gasteiger partial charge in [-0.1, -0.05) is 18.2 Å². The van der Waals surface area contributed by atoms with Gasteiger partial charge in [-0.25, -0.2) is 0 Å². The zero-order chi connectivity index (χ0) is 19.8. The van der Waals surface area contributed by atoms with Crippen molar-refractivity contribution >= 4 is 40.0 Å². The van der Waals surface area contributed by atoms with Crippen molar-refractivity contribution in [2.75, 3.05) is 0 Å². The molecule has 0 unspecified atom stereocenters. The Bertz CT molecular complexity index is 1330. The molecule has 0 bridgehead atoms. The summed E-state index contributed by atoms with van der Waals surface area (Å²) in [7, 11) is 0. The SMILES string of the molecule is O=C([O-])c1cc(N=C=S)ccc1-c1c2ccc(=O)cc-2oc2cc([O-])ccc12. The molecule has 0 N–H and O–H groups in total. The third-order valence-corrected chi connectivity index (χ3v) is 4.42. The van der Waals surface area contributed by atoms with Crippen LogP contribution >= 0.6 is 12.2 Å². The Morgan fingerprint density at radius 3 is 2.57 bits per heavy atom. The summed E-state index contributed by atoms with van der Waals surface area (Å²) in [6.45, 7) is 0. The number of carbonyl (C=O) groups is 1. The molecule has 0 saturated heterocycles. The fourth-order valence-corrected chi connectivity index (χ4v) is 3.29. The highest BCUT2D eigenvalue weighted by Gasteiger charge is 2.19. The molecule has 0 amide bonds. The molecular weight excluding hydrogens is 378 g/mol. The number of isothiocyanates is 1. The molecule has 0 fully saturated rings. The molecule has 0 spiro atoms. The minimum absolute atomic E-state index is 0.113. The van der Waals surface area contributed by atoms with Crippen LogP contribution in [0.4, 0.5) is 5.69 Å². The van der Waals surface area contributed by atoms with Crippen LogP contribution in [0.1, 0.15) is 10.4 Å². The number of carbonyl (C=O) groups excluding carboxylic acids is 1. The van der Waals surface area contributed by atoms with Gasteiger partial charge in [0.15, 0.2) is 5.43 Å². The van der Waals surface area contributed by atoms with E-state index < -0.39 is 5.97 Å². The fraction of sp³-hybridized carbons (Fsp3) is 0. The summed E-state index contributed by atoms with van der Waals surface area (Å²) < 4.78 is 5.73. The monoisotopic (exact) mass is 387 g/mol. The van der Waals surface area contributed by atoms with Gasteiger partial charge in [0.1, 0.15) is 11.3 Å². The average molecular weight is 387 g/mol. The molecule has 7 heteroatoms. The summed E-state index contributed by atoms with van der Waals surface area (Å²) in [4.78, 5) is 27.4. The summed E-state index contributed by atoms with van der Waals surface area (Å²) in [5, 5.41) is 26.3. The van der Waals surface area contributed by atoms with Crippen molar-refractivity contribution in [2.45, 2.75) is 0 Å². The van der Waals surface area contributed by atoms with Gasteiger partial charge in [0.25, 0.3) is 0 Å². The minimum atomic E-state index is -1.40. The fourth-order valence-electron chi connectivity index (χ4n) is 3.18. The van der Waals surface area contributed by atoms with Gasteiger partial charge in [-0.15, -0.1) is 5.75 Å². The van der Waals surface area contributed by atoms with Crippen LogP contribution in [0.5, 0.6) is 5.75 Å². The van der Waals surface area contributed by atoms with Crippen molar-refractivity contribution in [2.24, 2.45) is 4.99 Å². The van der Waals surface area contributed by atoms with Gasteiger partial charge in [-0.3, -0.25) is 4.79 Å². The van der Waals surface area contributed by atoms with Crippen LogP contribution in [0.25, 0.3) is 33.4 Å². The predicted molar refractivity (Wildman–Crippen MR) is 103 cm³/mol. The number of aromatic carboxylic acids is 1. The van der Waals surface area contributed by atoms with Crippen molar-refractivity contribution in [3.8, 4) is 28.2 Å². The van der Waals surface area contributed by atoms with Crippen molar-refractivity contribution in [1.29, 1.82) is 0 Å². The van der Waals surface area contributed by atoms with E-state index in [1.807, 2.05) is 0 Å². The van der Waals surface area contributed by atoms with E-state index in [0.29, 0.717) is 27.8 Å². The third kappa shape index (κ3) is 2.95. The van der Waals surface area contributed by atoms with Crippen molar-refractivity contribution < 1.29 is 19.4 Å². The topological polar surface area (TPSA) is 106 Å². The van der Waals surface area contributed by atoms with Crippen molar-refractivity contribution in [3.05, 3.63) is 70.4 Å². The van der Waals surface area contributed by atoms with Gasteiger partial charge in [-0.05, 0) is 48.1 Å². The zero-order valence-electron chi connectivity index (χ0n) is 14.1. The quantitative estimate of drug-likeness (QED) is 0.304. The molecule has 1 heterocycles. The summed E-state index contributed by atoms with van der Waals surface area (Å²) in [5.41, 5.74) is 1.55. The molecule has 136 valence electrons. The Balaban J connectivity index is 2.17. The maximum Gasteiger partial charge on any atom is 0.182 e. The second kappa shape index (κ2) is 6.74. The number of aliphatic imine (C=N–C) groups is 1. The van der Waals surface area contributed by atoms with Crippen LogP contribution in [0.3, 0.4) is 0 Å². The van der Waals surface area contributed by atoms with Gasteiger partial charge in [0, 0.05) is 28.1 Å². The molecular formula is C21H9NO5S-2. The summed E-state index contributed by atoms with van der Waals surface area (Å²) in [6, 6.07) is 12.9. The van der Waals surface area contributed by atoms with Gasteiger partial charge in [0.2, 0.25) is 0 Å². The summed E-state index contributed by atoms with van der Waals surface area (Å²) >= 11 is 4.57. The van der Waals surface area contributed by atoms with Gasteiger partial charge in [0.05, 0.1) is 16.8 Å². The van der Waals surface area contributed by atoms with E-state index in [4.69, 9.17) is 4.42 Å². The summed E-state index contributed by atoms with van der Waals surface area (Å²) in [5.74, 6) is -1.43. The van der Waals surface area contributed by atoms with E-state index in [0.717, 1.165) is 0 Å². The minimum Gasteiger partial charge on any atom is -0.872 e. The highest BCUT2D eigenvalue weighted by Crippen LogP contribution is 2.42. The zero-order valence-corrected chi connectivity index (χ0v) is 14.9. The van der Waals surface area contributed by atoms with Crippen LogP contribution in [0.2, 0.25) is 0 Å². The van der Waals surface area contributed by atoms with Crippen LogP contribution in [-0.2, 0) is 0 Å². The Kier molecular flexibility index (Phi) is 4.24. The molecule has 0 aromatic heterocycles. The first-order chi connectivity index (χ1) is 13.5. The van der Waals surface area contributed by atoms with Crippen molar-refractivity contribution in [3.63, 3.8) is 0 Å². The first kappa shape index (κ1) is 17.6. The number of fused-ring (bicyclic) bond motifs is 2. The van der Waals surface area contributed by atoms with Crippen molar-refractivity contribution in [1.82, 2.24) is 0 Å². The van der Waals surface area contributed by atoms with Crippen LogP contribution in [0.15, 0.2) is 68.8 Å². The number of hydrogen-bond donors (Lipinski definition) is 0. The number of carboxylic acids is 1. The lowest BCUT2D eigenvalue weighted by Crippen LogP contribution is -2.23. The lowest BCUT2D eigenvalue weighted by atomic mass is 9.90. The van der Waals surface area contributed by atoms with E-state index in [1.54, 1.807) is 24.3 Å². The average Bonchev–Trinajstić information content (AvgIpc) is 2.66. The molecule has 2 aromatic rings. The van der Waals surface area contributed by atoms with Crippen LogP contribution in [-0.4, -0.2) is 11.1 Å². The molecule has 2 aromatic carbocycles. The number of rotatable bonds is 3. The lowest BCUT2D eigenvalue weighted by Gasteiger charge is -2.19. The van der Waals surface area contributed by atoms with E-state index in [1.165, 1.54) is 30.3 Å². The predicted octanol–water partition coefficient (Wildman–Crippen LogP) is 2.74. The number of benzene rings is 3. The number of carboxylic acid groups (broad SMARTS) is 1. The molecule has 28 heavy (non-hydrogen) atoms. The Hall–Kier alpha value is -3.80. The van der Waals surface area contributed by atoms with Gasteiger partial charge in [-0.2, -0.15) is 4.99 Å². The first-order valence-electron chi connectivity index (χ1n) is 8.09. The number of hydrogen-bond acceptors (Lipinski definition) is 7. The Labute approximate surface area is 163 Å². The van der Waals surface area contributed by atoms with Crippen LogP contribution < -0.4 is 15.6 Å². The van der Waals surface area contributed by atoms with Gasteiger partial charge < -0.3 is 19.4 Å². The highest BCUT2D eigenvalue weighted by atomic mass is 32.1. The van der Waals surface area contributed by atoms with E-state index >= 15 is 0 Å². The molecule has 1 aliphatic carbocycles. The lowest BCUT2D eigenvalue weighted by molar-refractivity contribution is -0.268. The Morgan fingerprint density at radius 1 is 1.04 bits per heavy atom.